The van der Waals surface area contributed by atoms with E-state index in [9.17, 15) is 14.7 Å². The number of imidazole rings is 1. The lowest BCUT2D eigenvalue weighted by Crippen LogP contribution is -2.40. The van der Waals surface area contributed by atoms with Gasteiger partial charge in [-0.05, 0) is 13.8 Å². The lowest BCUT2D eigenvalue weighted by atomic mass is 10.2. The van der Waals surface area contributed by atoms with Crippen LogP contribution < -0.4 is 0 Å². The molecule has 0 radical (unpaired) electrons. The highest BCUT2D eigenvalue weighted by Gasteiger charge is 2.50. The molecule has 1 unspecified atom stereocenters. The molecular weight excluding hydrogens is 324 g/mol. The molecule has 8 nitrogen and oxygen atoms in total. The smallest absolute Gasteiger partial charge is 0.379 e. The Hall–Kier alpha value is -2.00. The van der Waals surface area contributed by atoms with Crippen LogP contribution in [0.15, 0.2) is 28.2 Å². The summed E-state index contributed by atoms with van der Waals surface area (Å²) in [5, 5.41) is 10.9. The number of ether oxygens (including phenoxy) is 3. The Kier molecular flexibility index (Phi) is 5.32. The molecule has 2 heterocycles. The summed E-state index contributed by atoms with van der Waals surface area (Å²) in [6, 6.07) is 0. The molecule has 0 bridgehead atoms. The van der Waals surface area contributed by atoms with Crippen LogP contribution in [0.4, 0.5) is 0 Å². The molecule has 0 aromatic carbocycles. The van der Waals surface area contributed by atoms with E-state index in [1.165, 1.54) is 0 Å². The van der Waals surface area contributed by atoms with Crippen LogP contribution in [0.5, 0.6) is 0 Å². The van der Waals surface area contributed by atoms with Crippen molar-refractivity contribution in [2.75, 3.05) is 13.2 Å². The first-order valence-corrected chi connectivity index (χ1v) is 7.87. The van der Waals surface area contributed by atoms with Crippen molar-refractivity contribution in [1.29, 1.82) is 0 Å². The second-order valence-corrected chi connectivity index (χ2v) is 5.74. The third-order valence-corrected chi connectivity index (χ3v) is 4.12. The number of esters is 2. The highest BCUT2D eigenvalue weighted by atomic mass is 32.2. The summed E-state index contributed by atoms with van der Waals surface area (Å²) < 4.78 is 16.7. The van der Waals surface area contributed by atoms with Gasteiger partial charge in [-0.3, -0.25) is 0 Å². The summed E-state index contributed by atoms with van der Waals surface area (Å²) >= 11 is 1.12. The zero-order valence-corrected chi connectivity index (χ0v) is 13.9. The van der Waals surface area contributed by atoms with Crippen molar-refractivity contribution in [1.82, 2.24) is 9.55 Å². The minimum Gasteiger partial charge on any atom is -0.461 e. The monoisotopic (exact) mass is 342 g/mol. The number of aliphatic hydroxyl groups is 1. The number of hydrogen-bond donors (Lipinski definition) is 1. The van der Waals surface area contributed by atoms with Crippen LogP contribution in [0.25, 0.3) is 0 Å². The number of hydrogen-bond acceptors (Lipinski definition) is 8. The van der Waals surface area contributed by atoms with Crippen molar-refractivity contribution < 1.29 is 28.9 Å². The van der Waals surface area contributed by atoms with Gasteiger partial charge in [0.1, 0.15) is 0 Å². The number of carbonyl (C=O) groups is 2. The first kappa shape index (κ1) is 17.4. The molecule has 1 N–H and O–H groups in total. The van der Waals surface area contributed by atoms with E-state index in [0.29, 0.717) is 10.1 Å². The van der Waals surface area contributed by atoms with Crippen molar-refractivity contribution >= 4 is 23.7 Å². The van der Waals surface area contributed by atoms with E-state index < -0.39 is 17.7 Å². The van der Waals surface area contributed by atoms with Gasteiger partial charge in [-0.2, -0.15) is 0 Å². The molecule has 2 rings (SSSR count). The molecule has 23 heavy (non-hydrogen) atoms. The van der Waals surface area contributed by atoms with Gasteiger partial charge in [0.25, 0.3) is 0 Å². The first-order chi connectivity index (χ1) is 10.9. The summed E-state index contributed by atoms with van der Waals surface area (Å²) in [6.07, 6.45) is 3.12. The predicted molar refractivity (Wildman–Crippen MR) is 80.0 cm³/mol. The molecule has 0 fully saturated rings. The largest absolute Gasteiger partial charge is 0.461 e. The maximum atomic E-state index is 12.0. The van der Waals surface area contributed by atoms with Gasteiger partial charge in [-0.15, -0.1) is 0 Å². The fourth-order valence-electron chi connectivity index (χ4n) is 1.91. The van der Waals surface area contributed by atoms with Crippen molar-refractivity contribution in [3.63, 3.8) is 0 Å². The molecule has 0 amide bonds. The number of aryl methyl sites for hydroxylation is 1. The Balaban J connectivity index is 2.28. The normalized spacial score (nSPS) is 20.3. The number of aromatic nitrogens is 2. The van der Waals surface area contributed by atoms with Gasteiger partial charge in [0.2, 0.25) is 5.76 Å². The third-order valence-electron chi connectivity index (χ3n) is 2.97. The zero-order valence-electron chi connectivity index (χ0n) is 13.1. The Labute approximate surface area is 137 Å². The molecule has 9 heteroatoms. The quantitative estimate of drug-likeness (QED) is 0.763. The van der Waals surface area contributed by atoms with Gasteiger partial charge in [0.15, 0.2) is 5.16 Å². The Morgan fingerprint density at radius 2 is 2.13 bits per heavy atom. The maximum absolute atomic E-state index is 12.0. The first-order valence-electron chi connectivity index (χ1n) is 7.05. The fraction of sp³-hybridized carbons (Fsp3) is 0.500. The molecule has 0 saturated carbocycles. The average Bonchev–Trinajstić information content (AvgIpc) is 3.05. The van der Waals surface area contributed by atoms with E-state index in [1.54, 1.807) is 37.9 Å². The molecule has 1 atom stereocenters. The van der Waals surface area contributed by atoms with Crippen molar-refractivity contribution in [2.24, 2.45) is 7.05 Å². The van der Waals surface area contributed by atoms with Crippen LogP contribution >= 0.6 is 11.8 Å². The summed E-state index contributed by atoms with van der Waals surface area (Å²) in [5.74, 6) is -4.12. The Bertz CT molecular complexity index is 641. The molecule has 1 aliphatic rings. The molecule has 0 spiro atoms. The van der Waals surface area contributed by atoms with Gasteiger partial charge in [-0.1, -0.05) is 11.8 Å². The molecule has 0 aliphatic carbocycles. The lowest BCUT2D eigenvalue weighted by molar-refractivity contribution is -0.210. The molecule has 0 saturated heterocycles. The molecule has 1 aromatic rings. The number of rotatable bonds is 6. The van der Waals surface area contributed by atoms with E-state index in [4.69, 9.17) is 14.2 Å². The summed E-state index contributed by atoms with van der Waals surface area (Å²) in [4.78, 5) is 28.4. The van der Waals surface area contributed by atoms with Crippen LogP contribution in [0.2, 0.25) is 0 Å². The van der Waals surface area contributed by atoms with E-state index >= 15 is 0 Å². The van der Waals surface area contributed by atoms with Crippen LogP contribution in [0.3, 0.4) is 0 Å². The Morgan fingerprint density at radius 3 is 2.70 bits per heavy atom. The van der Waals surface area contributed by atoms with E-state index in [2.05, 4.69) is 4.98 Å². The van der Waals surface area contributed by atoms with E-state index in [0.717, 1.165) is 11.8 Å². The van der Waals surface area contributed by atoms with Crippen molar-refractivity contribution in [2.45, 2.75) is 31.2 Å². The topological polar surface area (TPSA) is 99.9 Å². The minimum atomic E-state index is -2.23. The van der Waals surface area contributed by atoms with Crippen LogP contribution in [0, 0.1) is 0 Å². The minimum absolute atomic E-state index is 0.0844. The second-order valence-electron chi connectivity index (χ2n) is 4.68. The molecule has 1 aliphatic heterocycles. The summed E-state index contributed by atoms with van der Waals surface area (Å²) in [7, 11) is 1.79. The van der Waals surface area contributed by atoms with Crippen LogP contribution in [-0.2, 0) is 30.8 Å². The van der Waals surface area contributed by atoms with E-state index in [1.807, 2.05) is 0 Å². The molecular formula is C14H18N2O6S. The van der Waals surface area contributed by atoms with Crippen LogP contribution in [0.1, 0.15) is 20.3 Å². The summed E-state index contributed by atoms with van der Waals surface area (Å²) in [6.45, 7) is 3.49. The predicted octanol–water partition coefficient (Wildman–Crippen LogP) is 0.959. The van der Waals surface area contributed by atoms with Crippen molar-refractivity contribution in [3.05, 3.63) is 23.1 Å². The average molecular weight is 342 g/mol. The van der Waals surface area contributed by atoms with E-state index in [-0.39, 0.29) is 25.4 Å². The molecule has 126 valence electrons. The van der Waals surface area contributed by atoms with Gasteiger partial charge in [-0.25, -0.2) is 14.6 Å². The Morgan fingerprint density at radius 1 is 1.43 bits per heavy atom. The van der Waals surface area contributed by atoms with Crippen LogP contribution in [-0.4, -0.2) is 45.6 Å². The highest BCUT2D eigenvalue weighted by molar-refractivity contribution is 8.03. The lowest BCUT2D eigenvalue weighted by Gasteiger charge is -2.20. The summed E-state index contributed by atoms with van der Waals surface area (Å²) in [5.41, 5.74) is 0. The van der Waals surface area contributed by atoms with Gasteiger partial charge in [0, 0.05) is 24.3 Å². The fourth-order valence-corrected chi connectivity index (χ4v) is 2.94. The SMILES string of the molecule is CCOC(=O)C1=C(Sc2nccn2C)CC(O)(C(=O)OCC)O1. The number of carbonyl (C=O) groups excluding carboxylic acids is 2. The van der Waals surface area contributed by atoms with Gasteiger partial charge >= 0.3 is 17.7 Å². The van der Waals surface area contributed by atoms with Crippen molar-refractivity contribution in [3.8, 4) is 0 Å². The van der Waals surface area contributed by atoms with Gasteiger partial charge < -0.3 is 23.9 Å². The maximum Gasteiger partial charge on any atom is 0.379 e. The molecule has 1 aromatic heterocycles. The standard InChI is InChI=1S/C14H18N2O6S/c1-4-20-11(17)10-9(23-13-15-6-7-16(13)3)8-14(19,22-10)12(18)21-5-2/h6-7,19H,4-5,8H2,1-3H3. The zero-order chi connectivity index (χ0) is 17.0. The second kappa shape index (κ2) is 7.05. The highest BCUT2D eigenvalue weighted by Crippen LogP contribution is 2.42. The number of thioether (sulfide) groups is 1. The number of nitrogens with zero attached hydrogens (tertiary/aromatic N) is 2. The third kappa shape index (κ3) is 3.67. The van der Waals surface area contributed by atoms with Gasteiger partial charge in [0.05, 0.1) is 19.6 Å².